The average Bonchev–Trinajstić information content (AvgIpc) is 3.46. The molecule has 1 N–H and O–H groups in total. The largest absolute Gasteiger partial charge is 0.351 e. The molecule has 0 bridgehead atoms. The smallest absolute Gasteiger partial charge is 0.280 e. The van der Waals surface area contributed by atoms with E-state index in [0.717, 1.165) is 53.9 Å². The van der Waals surface area contributed by atoms with Gasteiger partial charge in [-0.05, 0) is 61.5 Å². The Morgan fingerprint density at radius 1 is 1.06 bits per heavy atom. The number of carbonyl (C=O) groups is 2. The monoisotopic (exact) mass is 434 g/mol. The first-order valence-corrected chi connectivity index (χ1v) is 11.4. The van der Waals surface area contributed by atoms with E-state index >= 15 is 0 Å². The van der Waals surface area contributed by atoms with Crippen molar-refractivity contribution in [2.75, 3.05) is 4.90 Å². The van der Waals surface area contributed by atoms with Gasteiger partial charge in [-0.2, -0.15) is 0 Å². The highest BCUT2D eigenvalue weighted by Crippen LogP contribution is 2.31. The molecule has 6 nitrogen and oxygen atoms in total. The van der Waals surface area contributed by atoms with Crippen LogP contribution in [0, 0.1) is 13.8 Å². The molecule has 1 aliphatic carbocycles. The molecule has 0 radical (unpaired) electrons. The predicted octanol–water partition coefficient (Wildman–Crippen LogP) is 4.60. The van der Waals surface area contributed by atoms with E-state index in [1.807, 2.05) is 62.4 Å². The topological polar surface area (TPSA) is 75.2 Å². The minimum Gasteiger partial charge on any atom is -0.351 e. The van der Waals surface area contributed by atoms with Crippen LogP contribution in [0.3, 0.4) is 0 Å². The van der Waals surface area contributed by atoms with Crippen molar-refractivity contribution < 1.29 is 9.59 Å². The summed E-state index contributed by atoms with van der Waals surface area (Å²) in [6.07, 6.45) is 4.18. The molecular weight excluding hydrogens is 408 g/mol. The molecule has 4 rings (SSSR count). The zero-order valence-corrected chi connectivity index (χ0v) is 18.6. The molecule has 1 atom stereocenters. The van der Waals surface area contributed by atoms with Crippen LogP contribution in [0.5, 0.6) is 0 Å². The minimum atomic E-state index is -0.808. The Morgan fingerprint density at radius 3 is 2.45 bits per heavy atom. The van der Waals surface area contributed by atoms with Gasteiger partial charge in [-0.25, -0.2) is 0 Å². The Hall–Kier alpha value is -3.06. The summed E-state index contributed by atoms with van der Waals surface area (Å²) in [5.41, 5.74) is 3.75. The Balaban J connectivity index is 1.80. The van der Waals surface area contributed by atoms with E-state index < -0.39 is 6.04 Å². The van der Waals surface area contributed by atoms with Gasteiger partial charge in [0.15, 0.2) is 5.69 Å². The minimum absolute atomic E-state index is 0.149. The molecule has 3 aromatic rings. The fourth-order valence-electron chi connectivity index (χ4n) is 4.06. The summed E-state index contributed by atoms with van der Waals surface area (Å²) in [5, 5.41) is 8.79. The average molecular weight is 435 g/mol. The van der Waals surface area contributed by atoms with Gasteiger partial charge in [0.25, 0.3) is 5.91 Å². The molecule has 1 fully saturated rings. The highest BCUT2D eigenvalue weighted by Gasteiger charge is 2.35. The van der Waals surface area contributed by atoms with Crippen LogP contribution in [0.4, 0.5) is 5.69 Å². The van der Waals surface area contributed by atoms with E-state index in [2.05, 4.69) is 14.9 Å². The van der Waals surface area contributed by atoms with Crippen molar-refractivity contribution >= 4 is 29.0 Å². The summed E-state index contributed by atoms with van der Waals surface area (Å²) in [7, 11) is 0. The van der Waals surface area contributed by atoms with Crippen molar-refractivity contribution in [3.05, 3.63) is 76.3 Å². The lowest BCUT2D eigenvalue weighted by molar-refractivity contribution is -0.123. The van der Waals surface area contributed by atoms with Crippen LogP contribution >= 0.6 is 11.5 Å². The lowest BCUT2D eigenvalue weighted by Gasteiger charge is -2.32. The number of benzene rings is 2. The van der Waals surface area contributed by atoms with E-state index in [1.54, 1.807) is 10.3 Å². The van der Waals surface area contributed by atoms with Gasteiger partial charge in [0.1, 0.15) is 6.04 Å². The number of anilines is 1. The Bertz CT molecular complexity index is 1040. The maximum Gasteiger partial charge on any atom is 0.280 e. The highest BCUT2D eigenvalue weighted by atomic mass is 32.1. The Morgan fingerprint density at radius 2 is 1.81 bits per heavy atom. The molecule has 2 amide bonds. The molecule has 2 aromatic carbocycles. The Labute approximate surface area is 186 Å². The van der Waals surface area contributed by atoms with Gasteiger partial charge >= 0.3 is 0 Å². The number of hydrogen-bond donors (Lipinski definition) is 1. The molecule has 31 heavy (non-hydrogen) atoms. The summed E-state index contributed by atoms with van der Waals surface area (Å²) in [5.74, 6) is -0.514. The summed E-state index contributed by atoms with van der Waals surface area (Å²) in [6, 6.07) is 14.8. The summed E-state index contributed by atoms with van der Waals surface area (Å²) >= 11 is 1.12. The number of nitrogens with zero attached hydrogens (tertiary/aromatic N) is 3. The molecule has 1 aliphatic rings. The lowest BCUT2D eigenvalue weighted by atomic mass is 10.0. The molecule has 1 aromatic heterocycles. The molecule has 160 valence electrons. The van der Waals surface area contributed by atoms with Gasteiger partial charge in [-0.3, -0.25) is 14.5 Å². The van der Waals surface area contributed by atoms with Crippen molar-refractivity contribution in [3.63, 3.8) is 0 Å². The second-order valence-corrected chi connectivity index (χ2v) is 8.72. The Kier molecular flexibility index (Phi) is 6.42. The van der Waals surface area contributed by atoms with E-state index in [9.17, 15) is 9.59 Å². The molecule has 0 spiro atoms. The van der Waals surface area contributed by atoms with Gasteiger partial charge in [-0.1, -0.05) is 59.3 Å². The first kappa shape index (κ1) is 21.2. The van der Waals surface area contributed by atoms with Gasteiger partial charge in [0, 0.05) is 17.1 Å². The van der Waals surface area contributed by atoms with Crippen molar-refractivity contribution in [2.45, 2.75) is 51.6 Å². The van der Waals surface area contributed by atoms with Crippen LogP contribution < -0.4 is 10.2 Å². The van der Waals surface area contributed by atoms with Crippen molar-refractivity contribution in [1.29, 1.82) is 0 Å². The van der Waals surface area contributed by atoms with Crippen LogP contribution in [-0.2, 0) is 4.79 Å². The number of hydrogen-bond acceptors (Lipinski definition) is 5. The summed E-state index contributed by atoms with van der Waals surface area (Å²) < 4.78 is 3.85. The molecule has 0 saturated heterocycles. The fraction of sp³-hybridized carbons (Fsp3) is 0.333. The maximum atomic E-state index is 13.6. The van der Waals surface area contributed by atoms with Crippen LogP contribution in [0.15, 0.2) is 53.9 Å². The number of aryl methyl sites for hydroxylation is 2. The summed E-state index contributed by atoms with van der Waals surface area (Å²) in [6.45, 7) is 3.97. The van der Waals surface area contributed by atoms with Crippen molar-refractivity contribution in [2.24, 2.45) is 0 Å². The molecule has 1 heterocycles. The first-order chi connectivity index (χ1) is 15.0. The molecular formula is C24H26N4O2S. The standard InChI is InChI=1S/C24H26N4O2S/c1-16-10-12-18(13-11-16)22(23(29)25-19-7-3-4-8-19)28(20-9-5-6-17(2)14-20)24(30)21-15-31-27-26-21/h5-6,9-15,19,22H,3-4,7-8H2,1-2H3,(H,25,29)/t22-/m0/s1. The SMILES string of the molecule is Cc1ccc([C@@H](C(=O)NC2CCCC2)N(C(=O)c2csnn2)c2cccc(C)c2)cc1. The van der Waals surface area contributed by atoms with E-state index in [4.69, 9.17) is 0 Å². The van der Waals surface area contributed by atoms with E-state index in [1.165, 1.54) is 0 Å². The second kappa shape index (κ2) is 9.39. The number of nitrogens with one attached hydrogen (secondary N) is 1. The second-order valence-electron chi connectivity index (χ2n) is 8.11. The van der Waals surface area contributed by atoms with Gasteiger partial charge in [-0.15, -0.1) is 5.10 Å². The number of amides is 2. The zero-order chi connectivity index (χ0) is 21.8. The van der Waals surface area contributed by atoms with Crippen LogP contribution in [0.25, 0.3) is 0 Å². The van der Waals surface area contributed by atoms with Gasteiger partial charge < -0.3 is 5.32 Å². The molecule has 1 saturated carbocycles. The van der Waals surface area contributed by atoms with Crippen molar-refractivity contribution in [1.82, 2.24) is 14.9 Å². The van der Waals surface area contributed by atoms with Gasteiger partial charge in [0.05, 0.1) is 0 Å². The zero-order valence-electron chi connectivity index (χ0n) is 17.7. The number of aromatic nitrogens is 2. The highest BCUT2D eigenvalue weighted by molar-refractivity contribution is 7.03. The third kappa shape index (κ3) is 4.82. The van der Waals surface area contributed by atoms with Crippen LogP contribution in [0.2, 0.25) is 0 Å². The molecule has 7 heteroatoms. The lowest BCUT2D eigenvalue weighted by Crippen LogP contribution is -2.46. The normalized spacial score (nSPS) is 14.9. The first-order valence-electron chi connectivity index (χ1n) is 10.6. The van der Waals surface area contributed by atoms with E-state index in [0.29, 0.717) is 5.69 Å². The van der Waals surface area contributed by atoms with Crippen LogP contribution in [0.1, 0.15) is 58.9 Å². The quantitative estimate of drug-likeness (QED) is 0.615. The number of rotatable bonds is 6. The predicted molar refractivity (Wildman–Crippen MR) is 122 cm³/mol. The van der Waals surface area contributed by atoms with E-state index in [-0.39, 0.29) is 23.6 Å². The van der Waals surface area contributed by atoms with Crippen LogP contribution in [-0.4, -0.2) is 27.4 Å². The third-order valence-electron chi connectivity index (χ3n) is 5.68. The van der Waals surface area contributed by atoms with Gasteiger partial charge in [0.2, 0.25) is 5.91 Å². The molecule has 0 unspecified atom stereocenters. The third-order valence-corrected chi connectivity index (χ3v) is 6.18. The maximum absolute atomic E-state index is 13.6. The number of carbonyl (C=O) groups excluding carboxylic acids is 2. The molecule has 0 aliphatic heterocycles. The van der Waals surface area contributed by atoms with Crippen molar-refractivity contribution in [3.8, 4) is 0 Å². The fourth-order valence-corrected chi connectivity index (χ4v) is 4.49. The summed E-state index contributed by atoms with van der Waals surface area (Å²) in [4.78, 5) is 28.8.